The number of amides is 2. The van der Waals surface area contributed by atoms with Crippen molar-refractivity contribution in [1.82, 2.24) is 4.31 Å². The Hall–Kier alpha value is -2.95. The van der Waals surface area contributed by atoms with Gasteiger partial charge in [0.25, 0.3) is 0 Å². The lowest BCUT2D eigenvalue weighted by atomic mass is 10.1. The Labute approximate surface area is 200 Å². The zero-order valence-electron chi connectivity index (χ0n) is 19.2. The number of morpholine rings is 1. The van der Waals surface area contributed by atoms with Crippen LogP contribution in [-0.2, 0) is 30.8 Å². The van der Waals surface area contributed by atoms with Crippen molar-refractivity contribution >= 4 is 38.9 Å². The molecular weight excluding hydrogens is 456 g/mol. The van der Waals surface area contributed by atoms with E-state index in [1.807, 2.05) is 0 Å². The Kier molecular flexibility index (Phi) is 7.50. The van der Waals surface area contributed by atoms with E-state index in [-0.39, 0.29) is 23.1 Å². The SMILES string of the molecule is CC(=O)Nc1ccc(CC(=O)Nc2cc(S(=O)(=O)N3CCOCC3)ccc2N2CCCC2)cc1. The molecule has 2 aromatic rings. The molecule has 182 valence electrons. The fourth-order valence-electron chi connectivity index (χ4n) is 4.23. The molecule has 2 aliphatic rings. The first-order valence-corrected chi connectivity index (χ1v) is 12.9. The number of nitrogens with zero attached hydrogens (tertiary/aromatic N) is 2. The number of rotatable bonds is 7. The van der Waals surface area contributed by atoms with Gasteiger partial charge in [-0.05, 0) is 48.7 Å². The highest BCUT2D eigenvalue weighted by Gasteiger charge is 2.28. The van der Waals surface area contributed by atoms with E-state index in [1.54, 1.807) is 42.5 Å². The summed E-state index contributed by atoms with van der Waals surface area (Å²) in [5, 5.41) is 5.64. The molecule has 9 nitrogen and oxygen atoms in total. The van der Waals surface area contributed by atoms with Crippen molar-refractivity contribution in [2.45, 2.75) is 31.1 Å². The standard InChI is InChI=1S/C24H30N4O5S/c1-18(29)25-20-6-4-19(5-7-20)16-24(30)26-22-17-21(8-9-23(22)27-10-2-3-11-27)34(31,32)28-12-14-33-15-13-28/h4-9,17H,2-3,10-16H2,1H3,(H,25,29)(H,26,30). The molecule has 2 amide bonds. The molecule has 0 unspecified atom stereocenters. The first-order chi connectivity index (χ1) is 16.3. The third-order valence-electron chi connectivity index (χ3n) is 5.94. The fraction of sp³-hybridized carbons (Fsp3) is 0.417. The van der Waals surface area contributed by atoms with Crippen LogP contribution in [-0.4, -0.2) is 63.9 Å². The zero-order valence-corrected chi connectivity index (χ0v) is 20.1. The zero-order chi connectivity index (χ0) is 24.1. The summed E-state index contributed by atoms with van der Waals surface area (Å²) in [6, 6.07) is 12.0. The molecule has 0 atom stereocenters. The van der Waals surface area contributed by atoms with E-state index in [1.165, 1.54) is 11.2 Å². The van der Waals surface area contributed by atoms with Crippen LogP contribution in [0.4, 0.5) is 17.1 Å². The smallest absolute Gasteiger partial charge is 0.243 e. The van der Waals surface area contributed by atoms with Gasteiger partial charge in [0.2, 0.25) is 21.8 Å². The van der Waals surface area contributed by atoms with E-state index < -0.39 is 10.0 Å². The summed E-state index contributed by atoms with van der Waals surface area (Å²) in [6.45, 7) is 4.53. The molecule has 0 aromatic heterocycles. The highest BCUT2D eigenvalue weighted by atomic mass is 32.2. The quantitative estimate of drug-likeness (QED) is 0.623. The van der Waals surface area contributed by atoms with Crippen LogP contribution in [0.5, 0.6) is 0 Å². The van der Waals surface area contributed by atoms with E-state index in [0.29, 0.717) is 37.7 Å². The van der Waals surface area contributed by atoms with Gasteiger partial charge < -0.3 is 20.3 Å². The molecule has 0 bridgehead atoms. The Bertz CT molecular complexity index is 1140. The summed E-state index contributed by atoms with van der Waals surface area (Å²) in [7, 11) is -3.69. The lowest BCUT2D eigenvalue weighted by Gasteiger charge is -2.27. The lowest BCUT2D eigenvalue weighted by Crippen LogP contribution is -2.40. The summed E-state index contributed by atoms with van der Waals surface area (Å²) < 4.78 is 33.0. The largest absolute Gasteiger partial charge is 0.379 e. The topological polar surface area (TPSA) is 108 Å². The number of benzene rings is 2. The highest BCUT2D eigenvalue weighted by Crippen LogP contribution is 2.32. The molecule has 2 aromatic carbocycles. The van der Waals surface area contributed by atoms with E-state index >= 15 is 0 Å². The average Bonchev–Trinajstić information content (AvgIpc) is 3.35. The molecule has 10 heteroatoms. The monoisotopic (exact) mass is 486 g/mol. The number of carbonyl (C=O) groups is 2. The molecule has 2 saturated heterocycles. The molecule has 0 spiro atoms. The van der Waals surface area contributed by atoms with Crippen molar-refractivity contribution < 1.29 is 22.7 Å². The number of carbonyl (C=O) groups excluding carboxylic acids is 2. The molecular formula is C24H30N4O5S. The van der Waals surface area contributed by atoms with Crippen LogP contribution in [0.2, 0.25) is 0 Å². The van der Waals surface area contributed by atoms with Crippen LogP contribution in [0.25, 0.3) is 0 Å². The summed E-state index contributed by atoms with van der Waals surface area (Å²) in [4.78, 5) is 26.4. The second-order valence-corrected chi connectivity index (χ2v) is 10.4. The maximum Gasteiger partial charge on any atom is 0.243 e. The van der Waals surface area contributed by atoms with Gasteiger partial charge >= 0.3 is 0 Å². The fourth-order valence-corrected chi connectivity index (χ4v) is 5.67. The Balaban J connectivity index is 1.55. The third kappa shape index (κ3) is 5.75. The van der Waals surface area contributed by atoms with Crippen molar-refractivity contribution in [2.24, 2.45) is 0 Å². The molecule has 2 heterocycles. The minimum absolute atomic E-state index is 0.125. The molecule has 2 fully saturated rings. The van der Waals surface area contributed by atoms with Crippen molar-refractivity contribution in [3.8, 4) is 0 Å². The Morgan fingerprint density at radius 2 is 1.62 bits per heavy atom. The van der Waals surface area contributed by atoms with Gasteiger partial charge in [-0.15, -0.1) is 0 Å². The lowest BCUT2D eigenvalue weighted by molar-refractivity contribution is -0.116. The predicted octanol–water partition coefficient (Wildman–Crippen LogP) is 2.45. The summed E-state index contributed by atoms with van der Waals surface area (Å²) in [5.74, 6) is -0.402. The van der Waals surface area contributed by atoms with Gasteiger partial charge in [-0.3, -0.25) is 9.59 Å². The van der Waals surface area contributed by atoms with Gasteiger partial charge in [-0.25, -0.2) is 8.42 Å². The van der Waals surface area contributed by atoms with Crippen molar-refractivity contribution in [1.29, 1.82) is 0 Å². The van der Waals surface area contributed by atoms with Gasteiger partial charge in [-0.2, -0.15) is 4.31 Å². The number of hydrogen-bond acceptors (Lipinski definition) is 6. The van der Waals surface area contributed by atoms with Crippen LogP contribution in [0.1, 0.15) is 25.3 Å². The summed E-state index contributed by atoms with van der Waals surface area (Å²) in [5.41, 5.74) is 2.77. The Morgan fingerprint density at radius 1 is 0.941 bits per heavy atom. The molecule has 0 saturated carbocycles. The normalized spacial score (nSPS) is 16.9. The highest BCUT2D eigenvalue weighted by molar-refractivity contribution is 7.89. The van der Waals surface area contributed by atoms with Crippen molar-refractivity contribution in [3.05, 3.63) is 48.0 Å². The Morgan fingerprint density at radius 3 is 2.26 bits per heavy atom. The van der Waals surface area contributed by atoms with Gasteiger partial charge in [0, 0.05) is 38.8 Å². The molecule has 0 aliphatic carbocycles. The molecule has 0 radical (unpaired) electrons. The van der Waals surface area contributed by atoms with E-state index in [0.717, 1.165) is 37.2 Å². The summed E-state index contributed by atoms with van der Waals surface area (Å²) >= 11 is 0. The number of anilines is 3. The minimum atomic E-state index is -3.69. The first kappa shape index (κ1) is 24.2. The number of hydrogen-bond donors (Lipinski definition) is 2. The second-order valence-electron chi connectivity index (χ2n) is 8.49. The van der Waals surface area contributed by atoms with Crippen molar-refractivity contribution in [2.75, 3.05) is 54.9 Å². The third-order valence-corrected chi connectivity index (χ3v) is 7.83. The number of nitrogens with one attached hydrogen (secondary N) is 2. The first-order valence-electron chi connectivity index (χ1n) is 11.5. The van der Waals surface area contributed by atoms with Crippen LogP contribution >= 0.6 is 0 Å². The average molecular weight is 487 g/mol. The van der Waals surface area contributed by atoms with Gasteiger partial charge in [0.15, 0.2) is 0 Å². The predicted molar refractivity (Wildman–Crippen MR) is 131 cm³/mol. The second kappa shape index (κ2) is 10.5. The molecule has 4 rings (SSSR count). The van der Waals surface area contributed by atoms with Crippen LogP contribution < -0.4 is 15.5 Å². The number of sulfonamides is 1. The molecule has 2 aliphatic heterocycles. The van der Waals surface area contributed by atoms with Crippen molar-refractivity contribution in [3.63, 3.8) is 0 Å². The van der Waals surface area contributed by atoms with Gasteiger partial charge in [0.05, 0.1) is 35.9 Å². The van der Waals surface area contributed by atoms with Crippen LogP contribution in [0, 0.1) is 0 Å². The maximum absolute atomic E-state index is 13.2. The molecule has 2 N–H and O–H groups in total. The number of ether oxygens (including phenoxy) is 1. The van der Waals surface area contributed by atoms with E-state index in [2.05, 4.69) is 15.5 Å². The maximum atomic E-state index is 13.2. The van der Waals surface area contributed by atoms with Crippen LogP contribution in [0.15, 0.2) is 47.4 Å². The van der Waals surface area contributed by atoms with Crippen LogP contribution in [0.3, 0.4) is 0 Å². The van der Waals surface area contributed by atoms with Gasteiger partial charge in [0.1, 0.15) is 0 Å². The summed E-state index contributed by atoms with van der Waals surface area (Å²) in [6.07, 6.45) is 2.24. The van der Waals surface area contributed by atoms with Gasteiger partial charge in [-0.1, -0.05) is 12.1 Å². The molecule has 34 heavy (non-hydrogen) atoms. The van der Waals surface area contributed by atoms with E-state index in [4.69, 9.17) is 4.74 Å². The minimum Gasteiger partial charge on any atom is -0.379 e. The van der Waals surface area contributed by atoms with E-state index in [9.17, 15) is 18.0 Å².